The van der Waals surface area contributed by atoms with Gasteiger partial charge in [-0.1, -0.05) is 0 Å². The van der Waals surface area contributed by atoms with Crippen LogP contribution in [-0.2, 0) is 4.74 Å². The fourth-order valence-electron chi connectivity index (χ4n) is 0.646. The van der Waals surface area contributed by atoms with Gasteiger partial charge in [0.15, 0.2) is 0 Å². The summed E-state index contributed by atoms with van der Waals surface area (Å²) >= 11 is 0. The minimum atomic E-state index is 0.669. The molecule has 1 heterocycles. The molecule has 0 atom stereocenters. The lowest BCUT2D eigenvalue weighted by Crippen LogP contribution is -1.96. The molecule has 0 saturated carbocycles. The van der Waals surface area contributed by atoms with Crippen molar-refractivity contribution < 1.29 is 4.74 Å². The van der Waals surface area contributed by atoms with Crippen molar-refractivity contribution in [2.75, 3.05) is 13.7 Å². The Morgan fingerprint density at radius 1 is 1.67 bits per heavy atom. The zero-order valence-electron chi connectivity index (χ0n) is 5.37. The third-order valence-corrected chi connectivity index (χ3v) is 1.06. The van der Waals surface area contributed by atoms with Gasteiger partial charge in [0.2, 0.25) is 12.4 Å². The van der Waals surface area contributed by atoms with Crippen LogP contribution in [0.5, 0.6) is 0 Å². The number of nitrogens with zero attached hydrogens (tertiary/aromatic N) is 1. The van der Waals surface area contributed by atoms with Crippen molar-refractivity contribution in [2.45, 2.75) is 0 Å². The second-order valence-corrected chi connectivity index (χ2v) is 1.79. The first kappa shape index (κ1) is 6.23. The van der Waals surface area contributed by atoms with Gasteiger partial charge in [-0.15, -0.1) is 0 Å². The smallest absolute Gasteiger partial charge is 0.242 e. The highest BCUT2D eigenvalue weighted by molar-refractivity contribution is 5.73. The highest BCUT2D eigenvalue weighted by Gasteiger charge is 1.97. The number of methoxy groups -OCH3 is 1. The molecule has 1 aliphatic rings. The van der Waals surface area contributed by atoms with Crippen LogP contribution in [-0.4, -0.2) is 19.9 Å². The minimum Gasteiger partial charge on any atom is -0.380 e. The van der Waals surface area contributed by atoms with Gasteiger partial charge in [-0.05, 0) is 5.57 Å². The number of hydrogen-bond donors (Lipinski definition) is 0. The van der Waals surface area contributed by atoms with Crippen LogP contribution in [0.25, 0.3) is 0 Å². The summed E-state index contributed by atoms with van der Waals surface area (Å²) in [5.74, 6) is 0. The van der Waals surface area contributed by atoms with Crippen LogP contribution in [0.15, 0.2) is 23.9 Å². The number of rotatable bonds is 2. The average molecular weight is 123 g/mol. The van der Waals surface area contributed by atoms with E-state index in [1.54, 1.807) is 19.5 Å². The van der Waals surface area contributed by atoms with Crippen molar-refractivity contribution in [1.82, 2.24) is 4.99 Å². The summed E-state index contributed by atoms with van der Waals surface area (Å²) in [5, 5.41) is 0. The van der Waals surface area contributed by atoms with Crippen molar-refractivity contribution in [3.8, 4) is 0 Å². The predicted molar refractivity (Wildman–Crippen MR) is 37.3 cm³/mol. The maximum absolute atomic E-state index is 4.90. The van der Waals surface area contributed by atoms with Gasteiger partial charge >= 0.3 is 0 Å². The molecule has 0 aromatic rings. The second-order valence-electron chi connectivity index (χ2n) is 1.79. The molecule has 0 bridgehead atoms. The van der Waals surface area contributed by atoms with Crippen molar-refractivity contribution >= 4 is 6.21 Å². The molecule has 1 rings (SSSR count). The molecule has 0 fully saturated rings. The Hall–Kier alpha value is -0.890. The normalized spacial score (nSPS) is 15.9. The van der Waals surface area contributed by atoms with Gasteiger partial charge in [-0.3, -0.25) is 0 Å². The molecule has 0 aromatic heterocycles. The second kappa shape index (κ2) is 3.20. The summed E-state index contributed by atoms with van der Waals surface area (Å²) in [6.45, 7) is 0.669. The van der Waals surface area contributed by atoms with E-state index in [1.807, 2.05) is 12.2 Å². The Morgan fingerprint density at radius 2 is 2.56 bits per heavy atom. The quantitative estimate of drug-likeness (QED) is 0.524. The summed E-state index contributed by atoms with van der Waals surface area (Å²) in [6, 6.07) is 0. The van der Waals surface area contributed by atoms with Crippen molar-refractivity contribution in [2.24, 2.45) is 0 Å². The van der Waals surface area contributed by atoms with Crippen LogP contribution in [0.1, 0.15) is 0 Å². The molecular weight excluding hydrogens is 114 g/mol. The van der Waals surface area contributed by atoms with Crippen LogP contribution in [0.2, 0.25) is 0 Å². The molecule has 9 heavy (non-hydrogen) atoms. The van der Waals surface area contributed by atoms with Crippen molar-refractivity contribution in [3.05, 3.63) is 23.9 Å². The topological polar surface area (TPSA) is 23.3 Å². The van der Waals surface area contributed by atoms with Gasteiger partial charge in [0, 0.05) is 19.3 Å². The fraction of sp³-hybridized carbons (Fsp3) is 0.286. The Morgan fingerprint density at radius 3 is 3.11 bits per heavy atom. The van der Waals surface area contributed by atoms with Gasteiger partial charge in [0.1, 0.15) is 0 Å². The molecule has 1 aliphatic heterocycles. The van der Waals surface area contributed by atoms with Crippen LogP contribution >= 0.6 is 0 Å². The third kappa shape index (κ3) is 1.82. The van der Waals surface area contributed by atoms with Gasteiger partial charge in [0.05, 0.1) is 11.6 Å². The monoisotopic (exact) mass is 123 g/mol. The van der Waals surface area contributed by atoms with E-state index in [4.69, 9.17) is 4.74 Å². The minimum absolute atomic E-state index is 0.669. The van der Waals surface area contributed by atoms with Crippen molar-refractivity contribution in [3.63, 3.8) is 0 Å². The molecule has 0 N–H and O–H groups in total. The molecule has 1 radical (unpaired) electrons. The van der Waals surface area contributed by atoms with Crippen LogP contribution in [0.3, 0.4) is 0 Å². The SMILES string of the molecule is COCC1=CC=[N+]C=C1. The van der Waals surface area contributed by atoms with E-state index in [-0.39, 0.29) is 0 Å². The molecule has 0 spiro atoms. The van der Waals surface area contributed by atoms with E-state index in [1.165, 1.54) is 0 Å². The average Bonchev–Trinajstić information content (AvgIpc) is 1.91. The first-order valence-corrected chi connectivity index (χ1v) is 2.81. The third-order valence-electron chi connectivity index (χ3n) is 1.06. The van der Waals surface area contributed by atoms with Crippen molar-refractivity contribution in [1.29, 1.82) is 0 Å². The molecule has 2 heteroatoms. The Labute approximate surface area is 54.6 Å². The lowest BCUT2D eigenvalue weighted by atomic mass is 10.2. The van der Waals surface area contributed by atoms with E-state index in [0.717, 1.165) is 5.57 Å². The number of ether oxygens (including phenoxy) is 1. The lowest BCUT2D eigenvalue weighted by molar-refractivity contribution is 0.228. The van der Waals surface area contributed by atoms with Gasteiger partial charge in [-0.2, -0.15) is 0 Å². The number of aliphatic imine (C=N–C) groups is 1. The predicted octanol–water partition coefficient (Wildman–Crippen LogP) is 0.493. The Kier molecular flexibility index (Phi) is 2.22. The molecule has 0 saturated heterocycles. The van der Waals surface area contributed by atoms with Crippen LogP contribution in [0, 0.1) is 0 Å². The van der Waals surface area contributed by atoms with E-state index in [9.17, 15) is 0 Å². The first-order valence-electron chi connectivity index (χ1n) is 2.81. The molecule has 0 amide bonds. The summed E-state index contributed by atoms with van der Waals surface area (Å²) < 4.78 is 4.90. The molecular formula is C7H9NO+. The van der Waals surface area contributed by atoms with Crippen LogP contribution in [0.4, 0.5) is 0 Å². The highest BCUT2D eigenvalue weighted by atomic mass is 16.5. The summed E-state index contributed by atoms with van der Waals surface area (Å²) in [4.78, 5) is 3.87. The van der Waals surface area contributed by atoms with E-state index < -0.39 is 0 Å². The van der Waals surface area contributed by atoms with E-state index in [2.05, 4.69) is 4.99 Å². The molecule has 0 aliphatic carbocycles. The van der Waals surface area contributed by atoms with Gasteiger partial charge < -0.3 is 4.74 Å². The van der Waals surface area contributed by atoms with Gasteiger partial charge in [-0.25, -0.2) is 0 Å². The standard InChI is InChI=1S/C7H9NO/c1-9-6-7-2-4-8-5-3-7/h2-5H,6H2,1H3/q+1. The number of hydrogen-bond acceptors (Lipinski definition) is 2. The lowest BCUT2D eigenvalue weighted by Gasteiger charge is -1.95. The summed E-state index contributed by atoms with van der Waals surface area (Å²) in [5.41, 5.74) is 1.16. The Bertz CT molecular complexity index is 168. The summed E-state index contributed by atoms with van der Waals surface area (Å²) in [6.07, 6.45) is 7.38. The largest absolute Gasteiger partial charge is 0.380 e. The Balaban J connectivity index is 2.51. The zero-order valence-corrected chi connectivity index (χ0v) is 5.37. The first-order chi connectivity index (χ1) is 4.43. The maximum Gasteiger partial charge on any atom is 0.242 e. The van der Waals surface area contributed by atoms with E-state index in [0.29, 0.717) is 6.61 Å². The molecule has 47 valence electrons. The summed E-state index contributed by atoms with van der Waals surface area (Å²) in [7, 11) is 1.68. The molecule has 2 nitrogen and oxygen atoms in total. The van der Waals surface area contributed by atoms with E-state index >= 15 is 0 Å². The fourth-order valence-corrected chi connectivity index (χ4v) is 0.646. The zero-order chi connectivity index (χ0) is 6.53. The molecule has 0 aromatic carbocycles. The van der Waals surface area contributed by atoms with Gasteiger partial charge in [0.25, 0.3) is 0 Å². The maximum atomic E-state index is 4.90. The molecule has 0 unspecified atom stereocenters. The van der Waals surface area contributed by atoms with Crippen LogP contribution < -0.4 is 4.99 Å². The highest BCUT2D eigenvalue weighted by Crippen LogP contribution is 1.96. The number of allylic oxidation sites excluding steroid dienone is 1.